The molecule has 130 valence electrons. The van der Waals surface area contributed by atoms with Gasteiger partial charge in [0.1, 0.15) is 5.76 Å². The third kappa shape index (κ3) is 3.37. The average molecular weight is 364 g/mol. The molecule has 0 radical (unpaired) electrons. The third-order valence-corrected chi connectivity index (χ3v) is 5.08. The fourth-order valence-corrected chi connectivity index (χ4v) is 3.55. The summed E-state index contributed by atoms with van der Waals surface area (Å²) in [5.74, 6) is 0.493. The number of hydrogen-bond acceptors (Lipinski definition) is 5. The van der Waals surface area contributed by atoms with Crippen molar-refractivity contribution < 1.29 is 14.3 Å². The topological polar surface area (TPSA) is 75.4 Å². The van der Waals surface area contributed by atoms with E-state index in [-0.39, 0.29) is 12.5 Å². The van der Waals surface area contributed by atoms with E-state index in [4.69, 9.17) is 4.42 Å². The first-order valence-corrected chi connectivity index (χ1v) is 8.98. The van der Waals surface area contributed by atoms with Crippen molar-refractivity contribution in [2.24, 2.45) is 0 Å². The highest BCUT2D eigenvalue weighted by atomic mass is 32.1. The number of carbonyl (C=O) groups excluding carboxylic acids is 1. The standard InChI is InChI=1S/C20H16N2O3S/c23-16(13-7-9-14(10-8-13)17-5-3-11-25-17)12-21-19(24)20-22-15-4-1-2-6-18(15)26-20/h1-11,16,23H,12H2,(H,21,24)/t16-/m0/s1. The lowest BCUT2D eigenvalue weighted by Crippen LogP contribution is -2.28. The number of amides is 1. The molecule has 5 nitrogen and oxygen atoms in total. The summed E-state index contributed by atoms with van der Waals surface area (Å²) in [5.41, 5.74) is 2.46. The Hall–Kier alpha value is -2.96. The quantitative estimate of drug-likeness (QED) is 0.561. The number of benzene rings is 2. The maximum atomic E-state index is 12.3. The molecule has 2 aromatic heterocycles. The van der Waals surface area contributed by atoms with E-state index in [9.17, 15) is 9.90 Å². The summed E-state index contributed by atoms with van der Waals surface area (Å²) in [4.78, 5) is 16.6. The number of nitrogens with one attached hydrogen (secondary N) is 1. The number of furan rings is 1. The Balaban J connectivity index is 1.40. The van der Waals surface area contributed by atoms with Gasteiger partial charge in [0, 0.05) is 12.1 Å². The Morgan fingerprint density at radius 2 is 1.92 bits per heavy atom. The van der Waals surface area contributed by atoms with Gasteiger partial charge in [-0.05, 0) is 29.8 Å². The summed E-state index contributed by atoms with van der Waals surface area (Å²) < 4.78 is 6.31. The first kappa shape index (κ1) is 16.5. The zero-order chi connectivity index (χ0) is 17.9. The SMILES string of the molecule is O=C(NC[C@H](O)c1ccc(-c2ccco2)cc1)c1nc2ccccc2s1. The van der Waals surface area contributed by atoms with Gasteiger partial charge in [-0.1, -0.05) is 36.4 Å². The minimum Gasteiger partial charge on any atom is -0.464 e. The van der Waals surface area contributed by atoms with Crippen molar-refractivity contribution in [3.63, 3.8) is 0 Å². The van der Waals surface area contributed by atoms with Gasteiger partial charge in [0.05, 0.1) is 22.6 Å². The highest BCUT2D eigenvalue weighted by Gasteiger charge is 2.14. The van der Waals surface area contributed by atoms with E-state index in [1.165, 1.54) is 11.3 Å². The van der Waals surface area contributed by atoms with Crippen molar-refractivity contribution in [2.45, 2.75) is 6.10 Å². The third-order valence-electron chi connectivity index (χ3n) is 4.05. The molecule has 1 atom stereocenters. The van der Waals surface area contributed by atoms with E-state index >= 15 is 0 Å². The lowest BCUT2D eigenvalue weighted by atomic mass is 10.1. The number of thiazole rings is 1. The largest absolute Gasteiger partial charge is 0.464 e. The van der Waals surface area contributed by atoms with Gasteiger partial charge in [-0.15, -0.1) is 11.3 Å². The molecular weight excluding hydrogens is 348 g/mol. The van der Waals surface area contributed by atoms with E-state index in [1.54, 1.807) is 6.26 Å². The molecule has 0 bridgehead atoms. The molecule has 1 amide bonds. The maximum Gasteiger partial charge on any atom is 0.280 e. The maximum absolute atomic E-state index is 12.3. The molecule has 6 heteroatoms. The van der Waals surface area contributed by atoms with Gasteiger partial charge in [0.2, 0.25) is 0 Å². The zero-order valence-corrected chi connectivity index (χ0v) is 14.6. The van der Waals surface area contributed by atoms with Crippen LogP contribution in [0, 0.1) is 0 Å². The zero-order valence-electron chi connectivity index (χ0n) is 13.8. The molecule has 2 aromatic carbocycles. The number of carbonyl (C=O) groups is 1. The number of hydrogen-bond donors (Lipinski definition) is 2. The van der Waals surface area contributed by atoms with Crippen molar-refractivity contribution in [3.8, 4) is 11.3 Å². The summed E-state index contributed by atoms with van der Waals surface area (Å²) in [7, 11) is 0. The highest BCUT2D eigenvalue weighted by molar-refractivity contribution is 7.20. The number of aromatic nitrogens is 1. The summed E-state index contributed by atoms with van der Waals surface area (Å²) in [6.07, 6.45) is 0.828. The van der Waals surface area contributed by atoms with E-state index in [0.717, 1.165) is 27.1 Å². The Kier molecular flexibility index (Phi) is 4.51. The van der Waals surface area contributed by atoms with Crippen LogP contribution in [0.15, 0.2) is 71.3 Å². The number of nitrogens with zero attached hydrogens (tertiary/aromatic N) is 1. The smallest absolute Gasteiger partial charge is 0.280 e. The number of aliphatic hydroxyl groups excluding tert-OH is 1. The molecule has 0 fully saturated rings. The highest BCUT2D eigenvalue weighted by Crippen LogP contribution is 2.23. The summed E-state index contributed by atoms with van der Waals surface area (Å²) in [6, 6.07) is 18.7. The van der Waals surface area contributed by atoms with Gasteiger partial charge in [-0.3, -0.25) is 4.79 Å². The van der Waals surface area contributed by atoms with Crippen LogP contribution in [-0.4, -0.2) is 22.5 Å². The van der Waals surface area contributed by atoms with Crippen LogP contribution < -0.4 is 5.32 Å². The molecule has 26 heavy (non-hydrogen) atoms. The number of para-hydroxylation sites is 1. The van der Waals surface area contributed by atoms with Crippen molar-refractivity contribution >= 4 is 27.5 Å². The van der Waals surface area contributed by atoms with Crippen LogP contribution in [0.4, 0.5) is 0 Å². The second-order valence-corrected chi connectivity index (χ2v) is 6.84. The molecule has 4 rings (SSSR count). The van der Waals surface area contributed by atoms with Crippen LogP contribution in [0.3, 0.4) is 0 Å². The first-order chi connectivity index (χ1) is 12.7. The molecule has 2 heterocycles. The van der Waals surface area contributed by atoms with Crippen molar-refractivity contribution in [2.75, 3.05) is 6.54 Å². The molecule has 0 aliphatic carbocycles. The lowest BCUT2D eigenvalue weighted by molar-refractivity contribution is 0.0916. The predicted molar refractivity (Wildman–Crippen MR) is 101 cm³/mol. The summed E-state index contributed by atoms with van der Waals surface area (Å²) in [5, 5.41) is 13.5. The number of rotatable bonds is 5. The molecule has 2 N–H and O–H groups in total. The van der Waals surface area contributed by atoms with Crippen LogP contribution in [0.2, 0.25) is 0 Å². The van der Waals surface area contributed by atoms with Crippen molar-refractivity contribution in [1.29, 1.82) is 0 Å². The van der Waals surface area contributed by atoms with E-state index in [2.05, 4.69) is 10.3 Å². The Bertz CT molecular complexity index is 990. The normalized spacial score (nSPS) is 12.2. The van der Waals surface area contributed by atoms with E-state index in [1.807, 2.05) is 60.7 Å². The minimum absolute atomic E-state index is 0.120. The predicted octanol–water partition coefficient (Wildman–Crippen LogP) is 4.02. The number of aliphatic hydroxyl groups is 1. The Labute approximate surface area is 153 Å². The van der Waals surface area contributed by atoms with Crippen LogP contribution >= 0.6 is 11.3 Å². The average Bonchev–Trinajstić information content (AvgIpc) is 3.35. The van der Waals surface area contributed by atoms with Crippen LogP contribution in [-0.2, 0) is 0 Å². The molecular formula is C20H16N2O3S. The second-order valence-electron chi connectivity index (χ2n) is 5.81. The van der Waals surface area contributed by atoms with Crippen LogP contribution in [0.1, 0.15) is 21.5 Å². The van der Waals surface area contributed by atoms with Crippen LogP contribution in [0.25, 0.3) is 21.5 Å². The molecule has 0 saturated carbocycles. The second kappa shape index (κ2) is 7.11. The van der Waals surface area contributed by atoms with Gasteiger partial charge < -0.3 is 14.8 Å². The lowest BCUT2D eigenvalue weighted by Gasteiger charge is -2.12. The molecule has 0 spiro atoms. The molecule has 4 aromatic rings. The van der Waals surface area contributed by atoms with E-state index in [0.29, 0.717) is 5.01 Å². The van der Waals surface area contributed by atoms with Crippen molar-refractivity contribution in [1.82, 2.24) is 10.3 Å². The molecule has 0 aliphatic heterocycles. The summed E-state index contributed by atoms with van der Waals surface area (Å²) in [6.45, 7) is 0.120. The molecule has 0 saturated heterocycles. The van der Waals surface area contributed by atoms with Crippen molar-refractivity contribution in [3.05, 3.63) is 77.5 Å². The van der Waals surface area contributed by atoms with Gasteiger partial charge in [0.25, 0.3) is 5.91 Å². The number of fused-ring (bicyclic) bond motifs is 1. The summed E-state index contributed by atoms with van der Waals surface area (Å²) >= 11 is 1.34. The minimum atomic E-state index is -0.793. The monoisotopic (exact) mass is 364 g/mol. The first-order valence-electron chi connectivity index (χ1n) is 8.16. The molecule has 0 unspecified atom stereocenters. The fourth-order valence-electron chi connectivity index (χ4n) is 2.66. The fraction of sp³-hybridized carbons (Fsp3) is 0.100. The van der Waals surface area contributed by atoms with Gasteiger partial charge in [-0.2, -0.15) is 0 Å². The van der Waals surface area contributed by atoms with Gasteiger partial charge in [-0.25, -0.2) is 4.98 Å². The Morgan fingerprint density at radius 3 is 2.65 bits per heavy atom. The van der Waals surface area contributed by atoms with Gasteiger partial charge in [0.15, 0.2) is 5.01 Å². The van der Waals surface area contributed by atoms with Gasteiger partial charge >= 0.3 is 0 Å². The van der Waals surface area contributed by atoms with Crippen LogP contribution in [0.5, 0.6) is 0 Å². The Morgan fingerprint density at radius 1 is 1.12 bits per heavy atom. The van der Waals surface area contributed by atoms with E-state index < -0.39 is 6.10 Å². The molecule has 0 aliphatic rings.